The Morgan fingerprint density at radius 2 is 2.10 bits per heavy atom. The van der Waals surface area contributed by atoms with Crippen molar-refractivity contribution in [3.8, 4) is 0 Å². The van der Waals surface area contributed by atoms with Crippen molar-refractivity contribution in [2.75, 3.05) is 19.0 Å². The van der Waals surface area contributed by atoms with Crippen LogP contribution in [0.25, 0.3) is 11.0 Å². The van der Waals surface area contributed by atoms with Crippen LogP contribution in [0.5, 0.6) is 0 Å². The van der Waals surface area contributed by atoms with Crippen LogP contribution in [-0.2, 0) is 13.1 Å². The van der Waals surface area contributed by atoms with E-state index in [-0.39, 0.29) is 35.0 Å². The topological polar surface area (TPSA) is 113 Å². The van der Waals surface area contributed by atoms with Gasteiger partial charge in [0.05, 0.1) is 10.9 Å². The molecule has 2 N–H and O–H groups in total. The monoisotopic (exact) mass is 422 g/mol. The van der Waals surface area contributed by atoms with Crippen LogP contribution in [0.1, 0.15) is 53.7 Å². The van der Waals surface area contributed by atoms with Gasteiger partial charge in [-0.25, -0.2) is 14.8 Å². The van der Waals surface area contributed by atoms with Gasteiger partial charge in [0.1, 0.15) is 5.82 Å². The van der Waals surface area contributed by atoms with Gasteiger partial charge in [-0.15, -0.1) is 0 Å². The Bertz CT molecular complexity index is 1260. The quantitative estimate of drug-likeness (QED) is 0.600. The van der Waals surface area contributed by atoms with Crippen LogP contribution in [0.15, 0.2) is 34.0 Å². The average Bonchev–Trinajstić information content (AvgIpc) is 3.59. The van der Waals surface area contributed by atoms with E-state index in [1.54, 1.807) is 12.3 Å². The second-order valence-electron chi connectivity index (χ2n) is 8.04. The molecule has 0 aliphatic heterocycles. The fourth-order valence-corrected chi connectivity index (χ4v) is 3.73. The molecule has 0 aromatic carbocycles. The zero-order chi connectivity index (χ0) is 22.1. The van der Waals surface area contributed by atoms with Crippen molar-refractivity contribution >= 4 is 22.8 Å². The molecule has 3 aromatic heterocycles. The molecule has 31 heavy (non-hydrogen) atoms. The lowest BCUT2D eigenvalue weighted by Gasteiger charge is -2.17. The Morgan fingerprint density at radius 1 is 1.32 bits per heavy atom. The third-order valence-electron chi connectivity index (χ3n) is 5.39. The maximum Gasteiger partial charge on any atom is 0.329 e. The normalized spacial score (nSPS) is 13.4. The van der Waals surface area contributed by atoms with Crippen LogP contribution in [-0.4, -0.2) is 39.5 Å². The minimum Gasteiger partial charge on any atom is -0.362 e. The summed E-state index contributed by atoms with van der Waals surface area (Å²) >= 11 is 0. The molecule has 3 heterocycles. The number of hydrogen-bond donors (Lipinski definition) is 2. The Balaban J connectivity index is 1.78. The fourth-order valence-electron chi connectivity index (χ4n) is 3.73. The summed E-state index contributed by atoms with van der Waals surface area (Å²) in [6.45, 7) is 2.61. The predicted octanol–water partition coefficient (Wildman–Crippen LogP) is 1.76. The molecule has 1 amide bonds. The fraction of sp³-hybridized carbons (Fsp3) is 0.409. The Morgan fingerprint density at radius 3 is 2.77 bits per heavy atom. The number of anilines is 1. The molecule has 0 bridgehead atoms. The van der Waals surface area contributed by atoms with Crippen LogP contribution in [0.2, 0.25) is 0 Å². The zero-order valence-electron chi connectivity index (χ0n) is 17.9. The van der Waals surface area contributed by atoms with Gasteiger partial charge in [-0.1, -0.05) is 13.0 Å². The molecule has 1 fully saturated rings. The lowest BCUT2D eigenvalue weighted by Crippen LogP contribution is -2.33. The number of aromatic amines is 1. The van der Waals surface area contributed by atoms with Gasteiger partial charge < -0.3 is 10.2 Å². The number of H-pyrrole nitrogens is 1. The third kappa shape index (κ3) is 4.08. The van der Waals surface area contributed by atoms with Crippen molar-refractivity contribution in [1.29, 1.82) is 0 Å². The number of rotatable bonds is 7. The average molecular weight is 422 g/mol. The minimum absolute atomic E-state index is 0.147. The van der Waals surface area contributed by atoms with Gasteiger partial charge in [0.25, 0.3) is 11.5 Å². The number of hydrogen-bond acceptors (Lipinski definition) is 6. The van der Waals surface area contributed by atoms with Gasteiger partial charge in [0.15, 0.2) is 5.65 Å². The van der Waals surface area contributed by atoms with Crippen molar-refractivity contribution < 1.29 is 4.79 Å². The van der Waals surface area contributed by atoms with Crippen LogP contribution in [0.4, 0.5) is 5.82 Å². The summed E-state index contributed by atoms with van der Waals surface area (Å²) in [5.41, 5.74) is 1.04. The summed E-state index contributed by atoms with van der Waals surface area (Å²) in [5, 5.41) is 3.06. The number of aryl methyl sites for hydroxylation is 1. The first-order valence-electron chi connectivity index (χ1n) is 10.5. The maximum atomic E-state index is 13.2. The smallest absolute Gasteiger partial charge is 0.329 e. The largest absolute Gasteiger partial charge is 0.362 e. The molecule has 0 radical (unpaired) electrons. The number of amides is 1. The summed E-state index contributed by atoms with van der Waals surface area (Å²) in [6, 6.07) is 5.41. The van der Waals surface area contributed by atoms with Gasteiger partial charge in [-0.3, -0.25) is 19.1 Å². The van der Waals surface area contributed by atoms with E-state index in [0.29, 0.717) is 13.0 Å². The minimum atomic E-state index is -0.595. The van der Waals surface area contributed by atoms with Crippen LogP contribution >= 0.6 is 0 Å². The molecule has 1 aliphatic rings. The lowest BCUT2D eigenvalue weighted by molar-refractivity contribution is 0.0952. The van der Waals surface area contributed by atoms with E-state index < -0.39 is 11.2 Å². The SMILES string of the molecule is CCCn1c(=O)[nH]c(=O)c2c(C(=O)NCc3cccnc3N(C)C)cc(C3CC3)nc21. The Hall–Kier alpha value is -3.49. The molecule has 0 saturated heterocycles. The van der Waals surface area contributed by atoms with Crippen molar-refractivity contribution in [2.45, 2.75) is 45.2 Å². The molecular formula is C22H26N6O3. The van der Waals surface area contributed by atoms with E-state index in [1.165, 1.54) is 4.57 Å². The van der Waals surface area contributed by atoms with Crippen LogP contribution < -0.4 is 21.5 Å². The molecular weight excluding hydrogens is 396 g/mol. The van der Waals surface area contributed by atoms with E-state index in [2.05, 4.69) is 20.3 Å². The molecule has 0 spiro atoms. The highest BCUT2D eigenvalue weighted by atomic mass is 16.2. The van der Waals surface area contributed by atoms with Gasteiger partial charge >= 0.3 is 5.69 Å². The first-order chi connectivity index (χ1) is 14.9. The highest BCUT2D eigenvalue weighted by Gasteiger charge is 2.28. The summed E-state index contributed by atoms with van der Waals surface area (Å²) in [7, 11) is 3.77. The van der Waals surface area contributed by atoms with Crippen LogP contribution in [0, 0.1) is 0 Å². The Labute approximate surface area is 179 Å². The number of aromatic nitrogens is 4. The molecule has 1 saturated carbocycles. The molecule has 4 rings (SSSR count). The van der Waals surface area contributed by atoms with E-state index in [9.17, 15) is 14.4 Å². The van der Waals surface area contributed by atoms with E-state index in [1.807, 2.05) is 38.1 Å². The van der Waals surface area contributed by atoms with Gasteiger partial charge in [-0.05, 0) is 31.4 Å². The number of carbonyl (C=O) groups excluding carboxylic acids is 1. The second-order valence-corrected chi connectivity index (χ2v) is 8.04. The molecule has 0 atom stereocenters. The number of nitrogens with one attached hydrogen (secondary N) is 2. The van der Waals surface area contributed by atoms with Gasteiger partial charge in [-0.2, -0.15) is 0 Å². The predicted molar refractivity (Wildman–Crippen MR) is 119 cm³/mol. The van der Waals surface area contributed by atoms with Crippen molar-refractivity contribution in [3.63, 3.8) is 0 Å². The van der Waals surface area contributed by atoms with Crippen molar-refractivity contribution in [3.05, 3.63) is 62.1 Å². The highest BCUT2D eigenvalue weighted by molar-refractivity contribution is 6.05. The third-order valence-corrected chi connectivity index (χ3v) is 5.39. The zero-order valence-corrected chi connectivity index (χ0v) is 17.9. The van der Waals surface area contributed by atoms with Crippen molar-refractivity contribution in [1.82, 2.24) is 24.8 Å². The van der Waals surface area contributed by atoms with Gasteiger partial charge in [0.2, 0.25) is 0 Å². The summed E-state index contributed by atoms with van der Waals surface area (Å²) in [6.07, 6.45) is 4.38. The molecule has 9 heteroatoms. The van der Waals surface area contributed by atoms with E-state index in [0.717, 1.165) is 29.9 Å². The summed E-state index contributed by atoms with van der Waals surface area (Å²) in [5.74, 6) is 0.643. The summed E-state index contributed by atoms with van der Waals surface area (Å²) in [4.78, 5) is 51.5. The highest BCUT2D eigenvalue weighted by Crippen LogP contribution is 2.39. The second kappa shape index (κ2) is 8.33. The molecule has 0 unspecified atom stereocenters. The van der Waals surface area contributed by atoms with Gasteiger partial charge in [0, 0.05) is 50.6 Å². The molecule has 3 aromatic rings. The Kier molecular flexibility index (Phi) is 5.58. The van der Waals surface area contributed by atoms with E-state index >= 15 is 0 Å². The molecule has 1 aliphatic carbocycles. The molecule has 9 nitrogen and oxygen atoms in total. The maximum absolute atomic E-state index is 13.2. The summed E-state index contributed by atoms with van der Waals surface area (Å²) < 4.78 is 1.45. The number of pyridine rings is 2. The first-order valence-corrected chi connectivity index (χ1v) is 10.5. The number of nitrogens with zero attached hydrogens (tertiary/aromatic N) is 4. The van der Waals surface area contributed by atoms with E-state index in [4.69, 9.17) is 0 Å². The standard InChI is InChI=1S/C22H26N6O3/c1-4-10-28-19-17(21(30)26-22(28)31)15(11-16(25-19)13-7-8-13)20(29)24-12-14-6-5-9-23-18(14)27(2)3/h5-6,9,11,13H,4,7-8,10,12H2,1-3H3,(H,24,29)(H,26,30,31). The number of fused-ring (bicyclic) bond motifs is 1. The molecule has 162 valence electrons. The van der Waals surface area contributed by atoms with Crippen LogP contribution in [0.3, 0.4) is 0 Å². The first kappa shape index (κ1) is 20.8. The van der Waals surface area contributed by atoms with Crippen molar-refractivity contribution in [2.24, 2.45) is 0 Å². The number of carbonyl (C=O) groups is 1. The lowest BCUT2D eigenvalue weighted by atomic mass is 10.1.